The lowest BCUT2D eigenvalue weighted by Crippen LogP contribution is -2.66. The number of benzene rings is 4. The van der Waals surface area contributed by atoms with Gasteiger partial charge >= 0.3 is 29.2 Å². The second-order valence-corrected chi connectivity index (χ2v) is 17.5. The van der Waals surface area contributed by atoms with Gasteiger partial charge in [-0.15, -0.1) is 18.3 Å². The second-order valence-electron chi connectivity index (χ2n) is 17.5. The topological polar surface area (TPSA) is 154 Å². The Morgan fingerprint density at radius 2 is 0.821 bits per heavy atom. The van der Waals surface area contributed by atoms with Gasteiger partial charge < -0.3 is 20.1 Å². The van der Waals surface area contributed by atoms with Gasteiger partial charge in [0.1, 0.15) is 11.3 Å². The number of fused-ring (bicyclic) bond motifs is 6. The molecule has 0 atom stereocenters. The summed E-state index contributed by atoms with van der Waals surface area (Å²) in [5.74, 6) is -2.35. The van der Waals surface area contributed by atoms with Crippen molar-refractivity contribution in [3.8, 4) is 73.2 Å². The molecule has 10 rings (SSSR count). The van der Waals surface area contributed by atoms with Crippen molar-refractivity contribution in [1.82, 2.24) is 0 Å². The molecule has 0 unspecified atom stereocenters. The first-order valence-electron chi connectivity index (χ1n) is 21.5. The molecule has 0 fully saturated rings. The molecule has 0 bridgehead atoms. The number of aryl methyl sites for hydroxylation is 1. The molecule has 0 radical (unpaired) electrons. The summed E-state index contributed by atoms with van der Waals surface area (Å²) in [4.78, 5) is 44.6. The minimum absolute atomic E-state index is 0.244. The van der Waals surface area contributed by atoms with Crippen LogP contribution in [0, 0.1) is 6.92 Å². The molecule has 0 saturated carbocycles. The molecule has 0 spiro atoms. The predicted molar refractivity (Wildman–Crippen MR) is 248 cm³/mol. The summed E-state index contributed by atoms with van der Waals surface area (Å²) in [6.07, 6.45) is 5.90. The number of rotatable bonds is 9. The van der Waals surface area contributed by atoms with Crippen LogP contribution in [-0.4, -0.2) is 39.7 Å². The summed E-state index contributed by atoms with van der Waals surface area (Å²) in [6.45, 7) is 10.9. The van der Waals surface area contributed by atoms with Crippen LogP contribution in [0.5, 0.6) is 5.75 Å². The van der Waals surface area contributed by atoms with Crippen molar-refractivity contribution in [1.29, 1.82) is 0 Å². The Morgan fingerprint density at radius 3 is 1.31 bits per heavy atom. The smallest absolute Gasteiger partial charge is 0.356 e. The molecule has 6 heterocycles. The average Bonchev–Trinajstić information content (AvgIpc) is 3.70. The quantitative estimate of drug-likeness (QED) is 0.0963. The van der Waals surface area contributed by atoms with Crippen molar-refractivity contribution in [3.63, 3.8) is 0 Å². The molecule has 2 aliphatic rings. The maximum Gasteiger partial charge on any atom is 0.356 e. The minimum atomic E-state index is -0.955. The SMILES string of the molecule is CC1(C)[n+]2cc(-c3ccc(C(=O)O)cc3)ccc2-c2ccc(-c3ccc(C(=O)O)cc3)c[n+]21.Cc1ccc(-c2cc(-c3ccc(OC=O)cc3)cc3[n+]2C(C)(C)[n+]2cc(C(=O)O)ccc2-3)cc1. The minimum Gasteiger partial charge on any atom is -0.478 e. The van der Waals surface area contributed by atoms with E-state index in [-0.39, 0.29) is 22.4 Å². The van der Waals surface area contributed by atoms with E-state index in [0.717, 1.165) is 67.4 Å². The monoisotopic (exact) mass is 890 g/mol. The molecule has 330 valence electrons. The summed E-state index contributed by atoms with van der Waals surface area (Å²) in [5.41, 5.74) is 13.1. The molecular weight excluding hydrogens is 845 g/mol. The maximum absolute atomic E-state index is 11.7. The van der Waals surface area contributed by atoms with E-state index in [2.05, 4.69) is 109 Å². The van der Waals surface area contributed by atoms with Crippen LogP contribution in [0.1, 0.15) is 64.3 Å². The number of nitrogens with zero attached hydrogens (tertiary/aromatic N) is 4. The van der Waals surface area contributed by atoms with Crippen molar-refractivity contribution in [2.24, 2.45) is 0 Å². The summed E-state index contributed by atoms with van der Waals surface area (Å²) in [6, 6.07) is 45.6. The van der Waals surface area contributed by atoms with E-state index >= 15 is 0 Å². The molecule has 0 amide bonds. The number of carbonyl (C=O) groups excluding carboxylic acids is 1. The number of pyridine rings is 4. The van der Waals surface area contributed by atoms with Gasteiger partial charge in [-0.05, 0) is 95.9 Å². The molecule has 12 nitrogen and oxygen atoms in total. The number of hydrogen-bond acceptors (Lipinski definition) is 5. The summed E-state index contributed by atoms with van der Waals surface area (Å²) in [7, 11) is 0. The van der Waals surface area contributed by atoms with Crippen LogP contribution in [-0.2, 0) is 16.1 Å². The third kappa shape index (κ3) is 7.88. The Kier molecular flexibility index (Phi) is 10.9. The third-order valence-corrected chi connectivity index (χ3v) is 12.6. The highest BCUT2D eigenvalue weighted by Crippen LogP contribution is 2.35. The summed E-state index contributed by atoms with van der Waals surface area (Å²) < 4.78 is 13.7. The molecule has 4 aromatic heterocycles. The fraction of sp³-hybridized carbons (Fsp3) is 0.127. The van der Waals surface area contributed by atoms with Crippen LogP contribution >= 0.6 is 0 Å². The van der Waals surface area contributed by atoms with Crippen LogP contribution in [0.15, 0.2) is 164 Å². The lowest BCUT2D eigenvalue weighted by molar-refractivity contribution is -0.954. The van der Waals surface area contributed by atoms with E-state index in [9.17, 15) is 24.3 Å². The van der Waals surface area contributed by atoms with Gasteiger partial charge in [-0.3, -0.25) is 4.79 Å². The highest BCUT2D eigenvalue weighted by atomic mass is 16.5. The van der Waals surface area contributed by atoms with Crippen molar-refractivity contribution < 1.29 is 57.5 Å². The normalized spacial score (nSPS) is 13.2. The van der Waals surface area contributed by atoms with Crippen molar-refractivity contribution in [3.05, 3.63) is 186 Å². The Bertz CT molecular complexity index is 3200. The fourth-order valence-electron chi connectivity index (χ4n) is 9.05. The molecule has 8 aromatic rings. The molecule has 0 aliphatic carbocycles. The third-order valence-electron chi connectivity index (χ3n) is 12.6. The van der Waals surface area contributed by atoms with Crippen LogP contribution < -0.4 is 23.0 Å². The van der Waals surface area contributed by atoms with E-state index in [0.29, 0.717) is 12.2 Å². The predicted octanol–water partition coefficient (Wildman–Crippen LogP) is 8.57. The fourth-order valence-corrected chi connectivity index (χ4v) is 9.05. The van der Waals surface area contributed by atoms with E-state index in [1.165, 1.54) is 5.56 Å². The van der Waals surface area contributed by atoms with Gasteiger partial charge in [0.25, 0.3) is 29.2 Å². The summed E-state index contributed by atoms with van der Waals surface area (Å²) >= 11 is 0. The maximum atomic E-state index is 11.7. The van der Waals surface area contributed by atoms with Gasteiger partial charge in [-0.1, -0.05) is 54.1 Å². The van der Waals surface area contributed by atoms with E-state index in [1.54, 1.807) is 48.7 Å². The number of ether oxygens (including phenoxy) is 1. The van der Waals surface area contributed by atoms with Crippen LogP contribution in [0.3, 0.4) is 0 Å². The first kappa shape index (κ1) is 43.6. The molecule has 2 aliphatic heterocycles. The molecule has 12 heteroatoms. The van der Waals surface area contributed by atoms with E-state index in [4.69, 9.17) is 14.9 Å². The number of aromatic carboxylic acids is 3. The highest BCUT2D eigenvalue weighted by Gasteiger charge is 2.54. The Labute approximate surface area is 386 Å². The Morgan fingerprint density at radius 1 is 0.433 bits per heavy atom. The zero-order valence-corrected chi connectivity index (χ0v) is 37.3. The van der Waals surface area contributed by atoms with E-state index < -0.39 is 23.6 Å². The lowest BCUT2D eigenvalue weighted by atomic mass is 9.99. The van der Waals surface area contributed by atoms with E-state index in [1.807, 2.05) is 59.2 Å². The van der Waals surface area contributed by atoms with Crippen molar-refractivity contribution >= 4 is 24.4 Å². The molecule has 0 saturated heterocycles. The molecule has 3 N–H and O–H groups in total. The molecular formula is C55H46N4O8+4. The van der Waals surface area contributed by atoms with Gasteiger partial charge in [0, 0.05) is 47.0 Å². The van der Waals surface area contributed by atoms with Crippen molar-refractivity contribution in [2.75, 3.05) is 0 Å². The summed E-state index contributed by atoms with van der Waals surface area (Å²) in [5, 5.41) is 27.9. The first-order valence-corrected chi connectivity index (χ1v) is 21.5. The van der Waals surface area contributed by atoms with Crippen LogP contribution in [0.2, 0.25) is 0 Å². The zero-order chi connectivity index (χ0) is 47.4. The highest BCUT2D eigenvalue weighted by molar-refractivity contribution is 5.89. The van der Waals surface area contributed by atoms with Gasteiger partial charge in [-0.2, -0.15) is 0 Å². The Hall–Kier alpha value is -8.64. The van der Waals surface area contributed by atoms with Crippen LogP contribution in [0.25, 0.3) is 67.4 Å². The van der Waals surface area contributed by atoms with Gasteiger partial charge in [0.05, 0.1) is 38.8 Å². The standard InChI is InChI=1S/C28H23N2O4.C27H20N2O4/c1-18-4-6-20(7-5-18)25-14-22(19-8-11-23(12-9-19)34-17-31)15-26-24-13-10-21(27(32)33)16-29(24)28(2,3)30(25)26;1-27(2)28-15-21(17-3-7-19(8-4-17)25(30)31)11-13-23(28)24-14-12-22(16-29(24)27)18-5-9-20(10-6-18)26(32)33/h4-17H,1-3H3;3-16H,1-2H3/q+1;/p+3. The lowest BCUT2D eigenvalue weighted by Gasteiger charge is -2.14. The number of hydrogen-bond donors (Lipinski definition) is 3. The van der Waals surface area contributed by atoms with Gasteiger partial charge in [0.2, 0.25) is 5.69 Å². The first-order chi connectivity index (χ1) is 32.0. The number of carboxylic acids is 3. The van der Waals surface area contributed by atoms with Crippen molar-refractivity contribution in [2.45, 2.75) is 45.9 Å². The number of carboxylic acid groups (broad SMARTS) is 3. The number of aromatic nitrogens is 4. The largest absolute Gasteiger partial charge is 0.478 e. The molecule has 67 heavy (non-hydrogen) atoms. The van der Waals surface area contributed by atoms with Gasteiger partial charge in [-0.25, -0.2) is 14.4 Å². The Balaban J connectivity index is 0.000000168. The average molecular weight is 891 g/mol. The number of carbonyl (C=O) groups is 4. The second kappa shape index (κ2) is 16.7. The zero-order valence-electron chi connectivity index (χ0n) is 37.3. The van der Waals surface area contributed by atoms with Gasteiger partial charge in [0.15, 0.2) is 18.6 Å². The molecule has 4 aromatic carbocycles. The van der Waals surface area contributed by atoms with Crippen LogP contribution in [0.4, 0.5) is 0 Å².